The number of hydrogen-bond acceptors (Lipinski definition) is 2. The van der Waals surface area contributed by atoms with E-state index in [0.717, 1.165) is 11.3 Å². The molecule has 30 heavy (non-hydrogen) atoms. The summed E-state index contributed by atoms with van der Waals surface area (Å²) in [5.74, 6) is -0.119. The number of nitrogens with zero attached hydrogens (tertiary/aromatic N) is 1. The van der Waals surface area contributed by atoms with Gasteiger partial charge in [-0.25, -0.2) is 4.79 Å². The maximum atomic E-state index is 12.9. The molecule has 0 unspecified atom stereocenters. The first-order chi connectivity index (χ1) is 14.5. The summed E-state index contributed by atoms with van der Waals surface area (Å²) in [5.41, 5.74) is 3.18. The first kappa shape index (κ1) is 21.4. The Morgan fingerprint density at radius 3 is 2.23 bits per heavy atom. The third-order valence-corrected chi connectivity index (χ3v) is 4.82. The highest BCUT2D eigenvalue weighted by atomic mass is 35.5. The van der Waals surface area contributed by atoms with Gasteiger partial charge >= 0.3 is 6.03 Å². The summed E-state index contributed by atoms with van der Waals surface area (Å²) in [6.07, 6.45) is 0.612. The standard InChI is InChI=1S/C24H24ClN3O2/c1-18-8-10-19(11-9-18)23(29)26-16-5-17-28(22-6-3-2-4-7-22)24(30)27-21-14-12-20(25)13-15-21/h2-4,6-15H,5,16-17H2,1H3,(H,26,29)(H,27,30). The van der Waals surface area contributed by atoms with Gasteiger partial charge in [0.15, 0.2) is 0 Å². The quantitative estimate of drug-likeness (QED) is 0.494. The Bertz CT molecular complexity index is 974. The van der Waals surface area contributed by atoms with Crippen LogP contribution in [0.4, 0.5) is 16.2 Å². The van der Waals surface area contributed by atoms with Crippen LogP contribution in [-0.2, 0) is 0 Å². The number of rotatable bonds is 7. The highest BCUT2D eigenvalue weighted by molar-refractivity contribution is 6.30. The predicted octanol–water partition coefficient (Wildman–Crippen LogP) is 5.51. The van der Waals surface area contributed by atoms with Crippen LogP contribution < -0.4 is 15.5 Å². The number of carbonyl (C=O) groups is 2. The summed E-state index contributed by atoms with van der Waals surface area (Å²) < 4.78 is 0. The van der Waals surface area contributed by atoms with Crippen LogP contribution in [-0.4, -0.2) is 25.0 Å². The van der Waals surface area contributed by atoms with Crippen LogP contribution in [0, 0.1) is 6.92 Å². The van der Waals surface area contributed by atoms with E-state index in [0.29, 0.717) is 35.8 Å². The van der Waals surface area contributed by atoms with Gasteiger partial charge in [-0.15, -0.1) is 0 Å². The Morgan fingerprint density at radius 2 is 1.57 bits per heavy atom. The van der Waals surface area contributed by atoms with Crippen molar-refractivity contribution in [2.24, 2.45) is 0 Å². The number of nitrogens with one attached hydrogen (secondary N) is 2. The number of carbonyl (C=O) groups excluding carboxylic acids is 2. The van der Waals surface area contributed by atoms with Crippen molar-refractivity contribution >= 4 is 34.9 Å². The molecule has 3 aromatic rings. The molecule has 0 fully saturated rings. The average molecular weight is 422 g/mol. The fraction of sp³-hybridized carbons (Fsp3) is 0.167. The molecule has 3 amide bonds. The van der Waals surface area contributed by atoms with Crippen LogP contribution in [0.5, 0.6) is 0 Å². The van der Waals surface area contributed by atoms with E-state index in [4.69, 9.17) is 11.6 Å². The number of anilines is 2. The summed E-state index contributed by atoms with van der Waals surface area (Å²) in [6, 6.07) is 23.6. The summed E-state index contributed by atoms with van der Waals surface area (Å²) >= 11 is 5.91. The number of amides is 3. The molecule has 2 N–H and O–H groups in total. The summed E-state index contributed by atoms with van der Waals surface area (Å²) in [5, 5.41) is 6.41. The van der Waals surface area contributed by atoms with Crippen molar-refractivity contribution in [3.63, 3.8) is 0 Å². The number of hydrogen-bond donors (Lipinski definition) is 2. The minimum absolute atomic E-state index is 0.119. The number of halogens is 1. The molecule has 0 bridgehead atoms. The molecule has 154 valence electrons. The summed E-state index contributed by atoms with van der Waals surface area (Å²) in [7, 11) is 0. The lowest BCUT2D eigenvalue weighted by Crippen LogP contribution is -2.37. The molecule has 0 aliphatic heterocycles. The van der Waals surface area contributed by atoms with E-state index >= 15 is 0 Å². The van der Waals surface area contributed by atoms with E-state index in [1.54, 1.807) is 41.3 Å². The predicted molar refractivity (Wildman–Crippen MR) is 122 cm³/mol. The second kappa shape index (κ2) is 10.5. The van der Waals surface area contributed by atoms with E-state index in [1.807, 2.05) is 49.4 Å². The molecule has 0 aliphatic carbocycles. The van der Waals surface area contributed by atoms with Crippen LogP contribution >= 0.6 is 11.6 Å². The lowest BCUT2D eigenvalue weighted by atomic mass is 10.1. The van der Waals surface area contributed by atoms with Crippen LogP contribution in [0.2, 0.25) is 5.02 Å². The fourth-order valence-corrected chi connectivity index (χ4v) is 3.05. The maximum absolute atomic E-state index is 12.9. The van der Waals surface area contributed by atoms with E-state index < -0.39 is 0 Å². The molecular weight excluding hydrogens is 398 g/mol. The molecule has 0 heterocycles. The maximum Gasteiger partial charge on any atom is 0.326 e. The van der Waals surface area contributed by atoms with Gasteiger partial charge in [0.05, 0.1) is 0 Å². The van der Waals surface area contributed by atoms with Gasteiger partial charge < -0.3 is 10.6 Å². The van der Waals surface area contributed by atoms with Crippen molar-refractivity contribution in [3.8, 4) is 0 Å². The zero-order valence-corrected chi connectivity index (χ0v) is 17.5. The second-order valence-electron chi connectivity index (χ2n) is 6.90. The molecule has 0 saturated carbocycles. The fourth-order valence-electron chi connectivity index (χ4n) is 2.93. The summed E-state index contributed by atoms with van der Waals surface area (Å²) in [4.78, 5) is 26.8. The largest absolute Gasteiger partial charge is 0.352 e. The van der Waals surface area contributed by atoms with Crippen molar-refractivity contribution in [2.45, 2.75) is 13.3 Å². The van der Waals surface area contributed by atoms with Crippen LogP contribution in [0.15, 0.2) is 78.9 Å². The van der Waals surface area contributed by atoms with E-state index in [-0.39, 0.29) is 11.9 Å². The third kappa shape index (κ3) is 6.09. The monoisotopic (exact) mass is 421 g/mol. The molecule has 3 aromatic carbocycles. The Morgan fingerprint density at radius 1 is 0.900 bits per heavy atom. The second-order valence-corrected chi connectivity index (χ2v) is 7.34. The lowest BCUT2D eigenvalue weighted by Gasteiger charge is -2.23. The van der Waals surface area contributed by atoms with Gasteiger partial charge in [-0.3, -0.25) is 9.69 Å². The van der Waals surface area contributed by atoms with E-state index in [1.165, 1.54) is 0 Å². The van der Waals surface area contributed by atoms with Crippen molar-refractivity contribution in [2.75, 3.05) is 23.3 Å². The molecule has 0 aliphatic rings. The molecule has 5 nitrogen and oxygen atoms in total. The van der Waals surface area contributed by atoms with Gasteiger partial charge in [-0.05, 0) is 61.9 Å². The van der Waals surface area contributed by atoms with Crippen molar-refractivity contribution < 1.29 is 9.59 Å². The Labute approximate surface area is 181 Å². The summed E-state index contributed by atoms with van der Waals surface area (Å²) in [6.45, 7) is 2.90. The first-order valence-corrected chi connectivity index (χ1v) is 10.1. The van der Waals surface area contributed by atoms with Crippen molar-refractivity contribution in [1.29, 1.82) is 0 Å². The van der Waals surface area contributed by atoms with Crippen molar-refractivity contribution in [3.05, 3.63) is 95.0 Å². The van der Waals surface area contributed by atoms with Gasteiger partial charge in [0.2, 0.25) is 0 Å². The molecule has 0 saturated heterocycles. The van der Waals surface area contributed by atoms with Crippen LogP contribution in [0.1, 0.15) is 22.3 Å². The zero-order valence-electron chi connectivity index (χ0n) is 16.8. The number of para-hydroxylation sites is 1. The molecule has 6 heteroatoms. The van der Waals surface area contributed by atoms with Crippen molar-refractivity contribution in [1.82, 2.24) is 5.32 Å². The van der Waals surface area contributed by atoms with Crippen LogP contribution in [0.25, 0.3) is 0 Å². The Hall–Kier alpha value is -3.31. The molecule has 0 spiro atoms. The van der Waals surface area contributed by atoms with Crippen LogP contribution in [0.3, 0.4) is 0 Å². The van der Waals surface area contributed by atoms with E-state index in [9.17, 15) is 9.59 Å². The molecule has 0 radical (unpaired) electrons. The highest BCUT2D eigenvalue weighted by Gasteiger charge is 2.16. The molecule has 0 aromatic heterocycles. The first-order valence-electron chi connectivity index (χ1n) is 9.77. The van der Waals surface area contributed by atoms with Gasteiger partial charge in [0.1, 0.15) is 0 Å². The minimum Gasteiger partial charge on any atom is -0.352 e. The highest BCUT2D eigenvalue weighted by Crippen LogP contribution is 2.18. The molecule has 0 atom stereocenters. The number of urea groups is 1. The van der Waals surface area contributed by atoms with Gasteiger partial charge in [0.25, 0.3) is 5.91 Å². The zero-order chi connectivity index (χ0) is 21.3. The van der Waals surface area contributed by atoms with Gasteiger partial charge in [-0.2, -0.15) is 0 Å². The Balaban J connectivity index is 1.59. The topological polar surface area (TPSA) is 61.4 Å². The SMILES string of the molecule is Cc1ccc(C(=O)NCCCN(C(=O)Nc2ccc(Cl)cc2)c2ccccc2)cc1. The minimum atomic E-state index is -0.242. The molecular formula is C24H24ClN3O2. The normalized spacial score (nSPS) is 10.3. The third-order valence-electron chi connectivity index (χ3n) is 4.57. The van der Waals surface area contributed by atoms with E-state index in [2.05, 4.69) is 10.6 Å². The lowest BCUT2D eigenvalue weighted by molar-refractivity contribution is 0.0953. The smallest absolute Gasteiger partial charge is 0.326 e. The van der Waals surface area contributed by atoms with Gasteiger partial charge in [-0.1, -0.05) is 47.5 Å². The van der Waals surface area contributed by atoms with Gasteiger partial charge in [0, 0.05) is 35.1 Å². The number of benzene rings is 3. The Kier molecular flexibility index (Phi) is 7.46. The number of aryl methyl sites for hydroxylation is 1. The average Bonchev–Trinajstić information content (AvgIpc) is 2.76. The molecule has 3 rings (SSSR count).